The van der Waals surface area contributed by atoms with Crippen LogP contribution in [0.2, 0.25) is 0 Å². The Kier molecular flexibility index (Phi) is 39.0. The predicted octanol–water partition coefficient (Wildman–Crippen LogP) is 13.2. The van der Waals surface area contributed by atoms with Crippen molar-refractivity contribution in [2.75, 3.05) is 26.3 Å². The molecule has 6 heteroatoms. The molecule has 6 nitrogen and oxygen atoms in total. The summed E-state index contributed by atoms with van der Waals surface area (Å²) in [5.74, 6) is -0.363. The summed E-state index contributed by atoms with van der Waals surface area (Å²) in [6, 6.07) is 0. The summed E-state index contributed by atoms with van der Waals surface area (Å²) >= 11 is 0. The van der Waals surface area contributed by atoms with Crippen LogP contribution in [0.25, 0.3) is 0 Å². The highest BCUT2D eigenvalue weighted by molar-refractivity contribution is 5.76. The Balaban J connectivity index is 3.91. The topological polar surface area (TPSA) is 72.9 Å². The van der Waals surface area contributed by atoms with Gasteiger partial charge in [0.15, 0.2) is 0 Å². The molecule has 0 radical (unpaired) electrons. The van der Waals surface area contributed by atoms with Crippen LogP contribution < -0.4 is 0 Å². The summed E-state index contributed by atoms with van der Waals surface area (Å²) < 4.78 is 10.9. The Morgan fingerprint density at radius 2 is 0.706 bits per heavy atom. The van der Waals surface area contributed by atoms with Crippen molar-refractivity contribution in [3.05, 3.63) is 24.3 Å². The lowest BCUT2D eigenvalue weighted by atomic mass is 10.1. The number of carbonyl (C=O) groups is 3. The minimum absolute atomic E-state index is 0.0263. The van der Waals surface area contributed by atoms with Crippen molar-refractivity contribution in [3.8, 4) is 0 Å². The maximum absolute atomic E-state index is 12.7. The van der Waals surface area contributed by atoms with Crippen LogP contribution in [-0.4, -0.2) is 49.0 Å². The van der Waals surface area contributed by atoms with Crippen LogP contribution in [0.5, 0.6) is 0 Å². The van der Waals surface area contributed by atoms with Crippen molar-refractivity contribution in [2.24, 2.45) is 0 Å². The van der Waals surface area contributed by atoms with Crippen LogP contribution in [0.15, 0.2) is 24.3 Å². The molecule has 0 N–H and O–H groups in total. The summed E-state index contributed by atoms with van der Waals surface area (Å²) in [6.45, 7) is 7.63. The second-order valence-electron chi connectivity index (χ2n) is 14.6. The smallest absolute Gasteiger partial charge is 0.305 e. The second-order valence-corrected chi connectivity index (χ2v) is 14.6. The van der Waals surface area contributed by atoms with Gasteiger partial charge in [-0.2, -0.15) is 0 Å². The molecule has 0 fully saturated rings. The maximum atomic E-state index is 12.7. The zero-order chi connectivity index (χ0) is 37.3. The van der Waals surface area contributed by atoms with E-state index in [0.29, 0.717) is 32.4 Å². The quantitative estimate of drug-likeness (QED) is 0.0359. The van der Waals surface area contributed by atoms with Gasteiger partial charge in [-0.25, -0.2) is 0 Å². The molecule has 0 saturated heterocycles. The third-order valence-electron chi connectivity index (χ3n) is 9.63. The van der Waals surface area contributed by atoms with Crippen LogP contribution in [-0.2, 0) is 23.9 Å². The number of nitrogens with zero attached hydrogens (tertiary/aromatic N) is 1. The molecule has 0 aromatic carbocycles. The molecule has 1 amide bonds. The normalized spacial score (nSPS) is 11.5. The minimum Gasteiger partial charge on any atom is -0.464 e. The van der Waals surface area contributed by atoms with E-state index in [-0.39, 0.29) is 31.1 Å². The van der Waals surface area contributed by atoms with Crippen LogP contribution in [0, 0.1) is 0 Å². The molecular weight excluding hydrogens is 634 g/mol. The van der Waals surface area contributed by atoms with Gasteiger partial charge in [-0.05, 0) is 70.6 Å². The molecule has 0 heterocycles. The molecule has 0 saturated carbocycles. The standard InChI is InChI=1S/C45H83NO5/c1-4-7-10-12-14-16-18-20-22-24-26-28-30-32-34-37-44(48)50-41-39-46(43(47)36-9-6-3)40-42-51-45(49)38-35-33-31-29-27-25-23-21-19-17-15-13-11-8-5-2/h20-23H,4-19,24-42H2,1-3H3/b22-20-,23-21-. The zero-order valence-electron chi connectivity index (χ0n) is 34.0. The number of unbranched alkanes of at least 4 members (excludes halogenated alkanes) is 23. The van der Waals surface area contributed by atoms with E-state index in [1.807, 2.05) is 0 Å². The van der Waals surface area contributed by atoms with E-state index in [1.165, 1.54) is 116 Å². The van der Waals surface area contributed by atoms with E-state index in [1.54, 1.807) is 4.90 Å². The van der Waals surface area contributed by atoms with Crippen molar-refractivity contribution in [1.29, 1.82) is 0 Å². The monoisotopic (exact) mass is 718 g/mol. The van der Waals surface area contributed by atoms with Gasteiger partial charge in [0, 0.05) is 19.3 Å². The molecule has 51 heavy (non-hydrogen) atoms. The summed E-state index contributed by atoms with van der Waals surface area (Å²) in [4.78, 5) is 39.0. The molecule has 0 spiro atoms. The van der Waals surface area contributed by atoms with Gasteiger partial charge in [-0.3, -0.25) is 14.4 Å². The van der Waals surface area contributed by atoms with Crippen molar-refractivity contribution in [2.45, 2.75) is 220 Å². The molecule has 0 aliphatic rings. The minimum atomic E-state index is -0.194. The van der Waals surface area contributed by atoms with Gasteiger partial charge in [-0.1, -0.05) is 154 Å². The SMILES string of the molecule is CCCCCCCC/C=C\CCCCCCCC(=O)OCCN(CCOC(=O)CCCCCCC/C=C\CCCCCCCC)C(=O)CCCC. The van der Waals surface area contributed by atoms with Crippen molar-refractivity contribution in [3.63, 3.8) is 0 Å². The van der Waals surface area contributed by atoms with E-state index in [9.17, 15) is 14.4 Å². The zero-order valence-corrected chi connectivity index (χ0v) is 34.0. The average Bonchev–Trinajstić information content (AvgIpc) is 3.13. The number of hydrogen-bond acceptors (Lipinski definition) is 5. The first kappa shape index (κ1) is 48.9. The highest BCUT2D eigenvalue weighted by Crippen LogP contribution is 2.12. The van der Waals surface area contributed by atoms with Gasteiger partial charge in [0.25, 0.3) is 0 Å². The van der Waals surface area contributed by atoms with Crippen LogP contribution in [0.4, 0.5) is 0 Å². The molecule has 0 rings (SSSR count). The number of carbonyl (C=O) groups excluding carboxylic acids is 3. The first-order valence-corrected chi connectivity index (χ1v) is 21.9. The third-order valence-corrected chi connectivity index (χ3v) is 9.63. The lowest BCUT2D eigenvalue weighted by Crippen LogP contribution is -2.37. The fraction of sp³-hybridized carbons (Fsp3) is 0.844. The summed E-state index contributed by atoms with van der Waals surface area (Å²) in [7, 11) is 0. The molecule has 0 unspecified atom stereocenters. The van der Waals surface area contributed by atoms with E-state index in [0.717, 1.165) is 64.2 Å². The highest BCUT2D eigenvalue weighted by atomic mass is 16.5. The number of hydrogen-bond donors (Lipinski definition) is 0. The molecule has 0 bridgehead atoms. The van der Waals surface area contributed by atoms with Gasteiger partial charge in [0.2, 0.25) is 5.91 Å². The molecule has 0 aromatic rings. The fourth-order valence-corrected chi connectivity index (χ4v) is 6.21. The number of allylic oxidation sites excluding steroid dienone is 4. The Hall–Kier alpha value is -2.11. The maximum Gasteiger partial charge on any atom is 0.305 e. The molecular formula is C45H83NO5. The van der Waals surface area contributed by atoms with Crippen molar-refractivity contribution in [1.82, 2.24) is 4.90 Å². The summed E-state index contributed by atoms with van der Waals surface area (Å²) in [5, 5.41) is 0. The van der Waals surface area contributed by atoms with Gasteiger partial charge in [0.05, 0.1) is 13.1 Å². The first-order valence-electron chi connectivity index (χ1n) is 21.9. The Morgan fingerprint density at radius 1 is 0.392 bits per heavy atom. The highest BCUT2D eigenvalue weighted by Gasteiger charge is 2.15. The fourth-order valence-electron chi connectivity index (χ4n) is 6.21. The molecule has 0 aliphatic heterocycles. The Morgan fingerprint density at radius 3 is 1.06 bits per heavy atom. The van der Waals surface area contributed by atoms with Gasteiger partial charge in [-0.15, -0.1) is 0 Å². The largest absolute Gasteiger partial charge is 0.464 e. The van der Waals surface area contributed by atoms with E-state index >= 15 is 0 Å². The van der Waals surface area contributed by atoms with Crippen LogP contribution in [0.3, 0.4) is 0 Å². The van der Waals surface area contributed by atoms with Gasteiger partial charge >= 0.3 is 11.9 Å². The molecule has 298 valence electrons. The number of rotatable bonds is 39. The third kappa shape index (κ3) is 37.5. The van der Waals surface area contributed by atoms with Gasteiger partial charge < -0.3 is 14.4 Å². The lowest BCUT2D eigenvalue weighted by molar-refractivity contribution is -0.147. The first-order chi connectivity index (χ1) is 25.0. The summed E-state index contributed by atoms with van der Waals surface area (Å²) in [5.41, 5.74) is 0. The molecule has 0 aliphatic carbocycles. The number of amides is 1. The summed E-state index contributed by atoms with van der Waals surface area (Å²) in [6.07, 6.45) is 44.3. The van der Waals surface area contributed by atoms with Crippen molar-refractivity contribution >= 4 is 17.8 Å². The Bertz CT molecular complexity index is 780. The van der Waals surface area contributed by atoms with E-state index in [2.05, 4.69) is 45.1 Å². The average molecular weight is 718 g/mol. The predicted molar refractivity (Wildman–Crippen MR) is 217 cm³/mol. The molecule has 0 atom stereocenters. The molecule has 0 aromatic heterocycles. The number of esters is 2. The Labute approximate surface area is 316 Å². The lowest BCUT2D eigenvalue weighted by Gasteiger charge is -2.22. The van der Waals surface area contributed by atoms with E-state index < -0.39 is 0 Å². The second kappa shape index (κ2) is 40.7. The van der Waals surface area contributed by atoms with E-state index in [4.69, 9.17) is 9.47 Å². The number of ether oxygens (including phenoxy) is 2. The van der Waals surface area contributed by atoms with Crippen molar-refractivity contribution < 1.29 is 23.9 Å². The van der Waals surface area contributed by atoms with Gasteiger partial charge in [0.1, 0.15) is 13.2 Å². The van der Waals surface area contributed by atoms with Crippen LogP contribution in [0.1, 0.15) is 220 Å². The van der Waals surface area contributed by atoms with Crippen LogP contribution >= 0.6 is 0 Å².